The summed E-state index contributed by atoms with van der Waals surface area (Å²) < 4.78 is 36.0. The summed E-state index contributed by atoms with van der Waals surface area (Å²) >= 11 is 0. The maximum atomic E-state index is 12.0. The molecule has 1 N–H and O–H groups in total. The van der Waals surface area contributed by atoms with Crippen molar-refractivity contribution in [3.05, 3.63) is 18.1 Å². The Bertz CT molecular complexity index is 379. The molecule has 0 spiro atoms. The van der Waals surface area contributed by atoms with Gasteiger partial charge in [0.15, 0.2) is 5.69 Å². The molecule has 7 heteroatoms. The van der Waals surface area contributed by atoms with Crippen LogP contribution in [0.15, 0.2) is 12.4 Å². The lowest BCUT2D eigenvalue weighted by atomic mass is 10.2. The molecule has 1 aromatic heterocycles. The summed E-state index contributed by atoms with van der Waals surface area (Å²) in [4.78, 5) is 7.44. The Kier molecular flexibility index (Phi) is 3.66. The van der Waals surface area contributed by atoms with E-state index in [1.807, 2.05) is 0 Å². The molecule has 0 saturated carbocycles. The molecule has 0 aliphatic heterocycles. The van der Waals surface area contributed by atoms with E-state index >= 15 is 0 Å². The SMILES string of the molecule is CC(CC(F)(F)F)Nc1cnc(C#N)cn1. The van der Waals surface area contributed by atoms with E-state index in [-0.39, 0.29) is 11.5 Å². The van der Waals surface area contributed by atoms with Crippen molar-refractivity contribution >= 4 is 5.82 Å². The van der Waals surface area contributed by atoms with Crippen molar-refractivity contribution in [1.82, 2.24) is 9.97 Å². The van der Waals surface area contributed by atoms with Crippen molar-refractivity contribution in [1.29, 1.82) is 5.26 Å². The Morgan fingerprint density at radius 3 is 2.56 bits per heavy atom. The van der Waals surface area contributed by atoms with E-state index in [0.717, 1.165) is 0 Å². The zero-order valence-corrected chi connectivity index (χ0v) is 8.41. The van der Waals surface area contributed by atoms with E-state index < -0.39 is 18.6 Å². The molecule has 0 amide bonds. The first-order valence-corrected chi connectivity index (χ1v) is 4.46. The molecule has 1 aromatic rings. The van der Waals surface area contributed by atoms with Crippen LogP contribution in [0.3, 0.4) is 0 Å². The van der Waals surface area contributed by atoms with Gasteiger partial charge in [-0.15, -0.1) is 0 Å². The average Bonchev–Trinajstić information content (AvgIpc) is 2.16. The van der Waals surface area contributed by atoms with Gasteiger partial charge in [-0.25, -0.2) is 9.97 Å². The number of nitriles is 1. The molecule has 16 heavy (non-hydrogen) atoms. The van der Waals surface area contributed by atoms with Crippen LogP contribution < -0.4 is 5.32 Å². The highest BCUT2D eigenvalue weighted by Crippen LogP contribution is 2.22. The topological polar surface area (TPSA) is 61.6 Å². The molecule has 1 unspecified atom stereocenters. The smallest absolute Gasteiger partial charge is 0.366 e. The number of nitrogens with zero attached hydrogens (tertiary/aromatic N) is 3. The molecule has 4 nitrogen and oxygen atoms in total. The first-order chi connectivity index (χ1) is 7.40. The Hall–Kier alpha value is -1.84. The molecular formula is C9H9F3N4. The quantitative estimate of drug-likeness (QED) is 0.863. The number of aromatic nitrogens is 2. The standard InChI is InChI=1S/C9H9F3N4/c1-6(2-9(10,11)12)16-8-5-14-7(3-13)4-15-8/h4-6H,2H2,1H3,(H,15,16). The lowest BCUT2D eigenvalue weighted by molar-refractivity contribution is -0.136. The van der Waals surface area contributed by atoms with Crippen LogP contribution >= 0.6 is 0 Å². The zero-order valence-electron chi connectivity index (χ0n) is 8.41. The van der Waals surface area contributed by atoms with Gasteiger partial charge in [0.1, 0.15) is 11.9 Å². The minimum atomic E-state index is -4.22. The molecule has 1 atom stereocenters. The van der Waals surface area contributed by atoms with Gasteiger partial charge in [0.2, 0.25) is 0 Å². The number of hydrogen-bond acceptors (Lipinski definition) is 4. The predicted octanol–water partition coefficient (Wildman–Crippen LogP) is 2.10. The van der Waals surface area contributed by atoms with Gasteiger partial charge >= 0.3 is 6.18 Å². The third kappa shape index (κ3) is 4.13. The Balaban J connectivity index is 2.57. The lowest BCUT2D eigenvalue weighted by Crippen LogP contribution is -2.24. The van der Waals surface area contributed by atoms with Crippen LogP contribution in [0.25, 0.3) is 0 Å². The molecule has 0 aromatic carbocycles. The molecule has 0 radical (unpaired) electrons. The number of anilines is 1. The Morgan fingerprint density at radius 1 is 1.44 bits per heavy atom. The van der Waals surface area contributed by atoms with Gasteiger partial charge in [-0.3, -0.25) is 0 Å². The fourth-order valence-corrected chi connectivity index (χ4v) is 1.11. The maximum absolute atomic E-state index is 12.0. The maximum Gasteiger partial charge on any atom is 0.391 e. The van der Waals surface area contributed by atoms with Crippen LogP contribution in [-0.4, -0.2) is 22.2 Å². The lowest BCUT2D eigenvalue weighted by Gasteiger charge is -2.15. The second-order valence-electron chi connectivity index (χ2n) is 3.26. The monoisotopic (exact) mass is 230 g/mol. The molecule has 1 rings (SSSR count). The van der Waals surface area contributed by atoms with Crippen molar-refractivity contribution < 1.29 is 13.2 Å². The molecule has 0 saturated heterocycles. The van der Waals surface area contributed by atoms with Crippen molar-refractivity contribution in [2.45, 2.75) is 25.6 Å². The number of rotatable bonds is 3. The molecule has 86 valence electrons. The molecule has 0 bridgehead atoms. The summed E-state index contributed by atoms with van der Waals surface area (Å²) in [5.41, 5.74) is 0.119. The van der Waals surface area contributed by atoms with E-state index in [1.54, 1.807) is 6.07 Å². The van der Waals surface area contributed by atoms with E-state index in [1.165, 1.54) is 19.3 Å². The van der Waals surface area contributed by atoms with Gasteiger partial charge in [0.25, 0.3) is 0 Å². The number of halogens is 3. The number of hydrogen-bond donors (Lipinski definition) is 1. The Labute approximate surface area is 90.1 Å². The van der Waals surface area contributed by atoms with E-state index in [0.29, 0.717) is 0 Å². The van der Waals surface area contributed by atoms with Crippen molar-refractivity contribution in [3.8, 4) is 6.07 Å². The number of nitrogens with one attached hydrogen (secondary N) is 1. The van der Waals surface area contributed by atoms with Crippen molar-refractivity contribution in [3.63, 3.8) is 0 Å². The third-order valence-electron chi connectivity index (χ3n) is 1.70. The van der Waals surface area contributed by atoms with Gasteiger partial charge < -0.3 is 5.32 Å². The van der Waals surface area contributed by atoms with Crippen LogP contribution in [0.4, 0.5) is 19.0 Å². The van der Waals surface area contributed by atoms with Crippen LogP contribution in [0.1, 0.15) is 19.0 Å². The molecule has 0 fully saturated rings. The minimum Gasteiger partial charge on any atom is -0.366 e. The van der Waals surface area contributed by atoms with Crippen LogP contribution in [0.2, 0.25) is 0 Å². The largest absolute Gasteiger partial charge is 0.391 e. The van der Waals surface area contributed by atoms with Crippen LogP contribution in [0, 0.1) is 11.3 Å². The second kappa shape index (κ2) is 4.79. The highest BCUT2D eigenvalue weighted by Gasteiger charge is 2.30. The third-order valence-corrected chi connectivity index (χ3v) is 1.70. The van der Waals surface area contributed by atoms with Gasteiger partial charge in [0, 0.05) is 6.04 Å². The highest BCUT2D eigenvalue weighted by molar-refractivity contribution is 5.34. The van der Waals surface area contributed by atoms with Gasteiger partial charge in [0.05, 0.1) is 18.8 Å². The van der Waals surface area contributed by atoms with E-state index in [4.69, 9.17) is 5.26 Å². The summed E-state index contributed by atoms with van der Waals surface area (Å²) in [6, 6.07) is 0.975. The summed E-state index contributed by atoms with van der Waals surface area (Å²) in [5, 5.41) is 11.0. The van der Waals surface area contributed by atoms with Gasteiger partial charge in [-0.1, -0.05) is 0 Å². The Morgan fingerprint density at radius 2 is 2.12 bits per heavy atom. The fourth-order valence-electron chi connectivity index (χ4n) is 1.11. The summed E-state index contributed by atoms with van der Waals surface area (Å²) in [7, 11) is 0. The van der Waals surface area contributed by atoms with Crippen molar-refractivity contribution in [2.24, 2.45) is 0 Å². The van der Waals surface area contributed by atoms with Crippen LogP contribution in [0.5, 0.6) is 0 Å². The number of alkyl halides is 3. The van der Waals surface area contributed by atoms with Crippen molar-refractivity contribution in [2.75, 3.05) is 5.32 Å². The van der Waals surface area contributed by atoms with E-state index in [2.05, 4.69) is 15.3 Å². The molecule has 1 heterocycles. The summed E-state index contributed by atoms with van der Waals surface area (Å²) in [5.74, 6) is 0.218. The normalized spacial score (nSPS) is 12.9. The average molecular weight is 230 g/mol. The first kappa shape index (κ1) is 12.2. The summed E-state index contributed by atoms with van der Waals surface area (Å²) in [6.45, 7) is 1.40. The molecular weight excluding hydrogens is 221 g/mol. The summed E-state index contributed by atoms with van der Waals surface area (Å²) in [6.07, 6.45) is -2.74. The highest BCUT2D eigenvalue weighted by atomic mass is 19.4. The van der Waals surface area contributed by atoms with Gasteiger partial charge in [-0.05, 0) is 6.92 Å². The minimum absolute atomic E-state index is 0.119. The zero-order chi connectivity index (χ0) is 12.2. The molecule has 0 aliphatic carbocycles. The second-order valence-corrected chi connectivity index (χ2v) is 3.26. The van der Waals surface area contributed by atoms with Crippen LogP contribution in [-0.2, 0) is 0 Å². The fraction of sp³-hybridized carbons (Fsp3) is 0.444. The molecule has 0 aliphatic rings. The van der Waals surface area contributed by atoms with E-state index in [9.17, 15) is 13.2 Å². The van der Waals surface area contributed by atoms with Gasteiger partial charge in [-0.2, -0.15) is 18.4 Å². The first-order valence-electron chi connectivity index (χ1n) is 4.46. The predicted molar refractivity (Wildman–Crippen MR) is 50.5 cm³/mol.